The van der Waals surface area contributed by atoms with Crippen molar-refractivity contribution in [3.63, 3.8) is 0 Å². The standard InChI is InChI=1S/C16H18ClN5S.HI/c1-18-15(19-7-6-12-2-4-13(17)5-3-12)20-10-14-11-22-8-9-23-16(22)21-14;/h2-5,8-9,11H,6-7,10H2,1H3,(H2,18,19,20);1H. The Labute approximate surface area is 167 Å². The third kappa shape index (κ3) is 5.09. The normalized spacial score (nSPS) is 11.3. The summed E-state index contributed by atoms with van der Waals surface area (Å²) in [5, 5.41) is 9.37. The Bertz CT molecular complexity index is 768. The Balaban J connectivity index is 0.00000208. The summed E-state index contributed by atoms with van der Waals surface area (Å²) in [4.78, 5) is 9.78. The molecule has 3 aromatic rings. The fourth-order valence-corrected chi connectivity index (χ4v) is 3.08. The first kappa shape index (κ1) is 19.0. The van der Waals surface area contributed by atoms with Gasteiger partial charge in [0, 0.05) is 36.4 Å². The van der Waals surface area contributed by atoms with Crippen LogP contribution in [0.3, 0.4) is 0 Å². The first-order valence-corrected chi connectivity index (χ1v) is 8.60. The van der Waals surface area contributed by atoms with E-state index >= 15 is 0 Å². The monoisotopic (exact) mass is 475 g/mol. The van der Waals surface area contributed by atoms with Crippen molar-refractivity contribution in [2.75, 3.05) is 13.6 Å². The van der Waals surface area contributed by atoms with E-state index in [4.69, 9.17) is 11.6 Å². The minimum atomic E-state index is 0. The summed E-state index contributed by atoms with van der Waals surface area (Å²) in [6.45, 7) is 1.45. The zero-order chi connectivity index (χ0) is 16.1. The van der Waals surface area contributed by atoms with E-state index < -0.39 is 0 Å². The van der Waals surface area contributed by atoms with Crippen LogP contribution in [0.5, 0.6) is 0 Å². The molecular weight excluding hydrogens is 457 g/mol. The Hall–Kier alpha value is -1.32. The van der Waals surface area contributed by atoms with E-state index in [2.05, 4.69) is 20.6 Å². The van der Waals surface area contributed by atoms with Crippen molar-refractivity contribution in [3.05, 3.63) is 58.3 Å². The number of benzene rings is 1. The average molecular weight is 476 g/mol. The highest BCUT2D eigenvalue weighted by molar-refractivity contribution is 14.0. The molecule has 0 amide bonds. The number of thiazole rings is 1. The summed E-state index contributed by atoms with van der Waals surface area (Å²) in [6, 6.07) is 7.90. The SMILES string of the molecule is CN=C(NCCc1ccc(Cl)cc1)NCc1cn2ccsc2n1.I. The molecule has 24 heavy (non-hydrogen) atoms. The van der Waals surface area contributed by atoms with Crippen molar-refractivity contribution in [1.29, 1.82) is 0 Å². The van der Waals surface area contributed by atoms with E-state index in [1.54, 1.807) is 18.4 Å². The van der Waals surface area contributed by atoms with Crippen LogP contribution in [-0.2, 0) is 13.0 Å². The smallest absolute Gasteiger partial charge is 0.193 e. The number of imidazole rings is 1. The lowest BCUT2D eigenvalue weighted by molar-refractivity contribution is 0.786. The van der Waals surface area contributed by atoms with E-state index in [1.165, 1.54) is 5.56 Å². The molecule has 0 saturated heterocycles. The lowest BCUT2D eigenvalue weighted by atomic mass is 10.1. The Morgan fingerprint density at radius 2 is 2.08 bits per heavy atom. The van der Waals surface area contributed by atoms with Gasteiger partial charge in [0.15, 0.2) is 10.9 Å². The number of halogens is 2. The first-order chi connectivity index (χ1) is 11.2. The third-order valence-electron chi connectivity index (χ3n) is 3.42. The molecule has 128 valence electrons. The molecule has 0 fully saturated rings. The summed E-state index contributed by atoms with van der Waals surface area (Å²) < 4.78 is 2.03. The fourth-order valence-electron chi connectivity index (χ4n) is 2.23. The van der Waals surface area contributed by atoms with E-state index in [0.717, 1.165) is 34.6 Å². The van der Waals surface area contributed by atoms with Crippen molar-refractivity contribution < 1.29 is 0 Å². The van der Waals surface area contributed by atoms with Crippen LogP contribution in [-0.4, -0.2) is 28.9 Å². The maximum absolute atomic E-state index is 5.89. The van der Waals surface area contributed by atoms with Gasteiger partial charge in [-0.3, -0.25) is 9.39 Å². The average Bonchev–Trinajstić information content (AvgIpc) is 3.14. The maximum atomic E-state index is 5.89. The summed E-state index contributed by atoms with van der Waals surface area (Å²) >= 11 is 7.52. The highest BCUT2D eigenvalue weighted by Crippen LogP contribution is 2.11. The molecular formula is C16H19ClIN5S. The lowest BCUT2D eigenvalue weighted by Gasteiger charge is -2.11. The molecule has 3 rings (SSSR count). The first-order valence-electron chi connectivity index (χ1n) is 7.34. The van der Waals surface area contributed by atoms with Crippen LogP contribution >= 0.6 is 46.9 Å². The third-order valence-corrected chi connectivity index (χ3v) is 4.45. The Morgan fingerprint density at radius 3 is 2.79 bits per heavy atom. The molecule has 0 unspecified atom stereocenters. The molecule has 0 atom stereocenters. The van der Waals surface area contributed by atoms with Crippen LogP contribution in [0.4, 0.5) is 0 Å². The molecule has 0 aliphatic heterocycles. The minimum absolute atomic E-state index is 0. The number of hydrogen-bond acceptors (Lipinski definition) is 3. The van der Waals surface area contributed by atoms with Gasteiger partial charge in [-0.25, -0.2) is 4.98 Å². The van der Waals surface area contributed by atoms with Gasteiger partial charge in [-0.2, -0.15) is 0 Å². The van der Waals surface area contributed by atoms with Crippen molar-refractivity contribution in [2.45, 2.75) is 13.0 Å². The maximum Gasteiger partial charge on any atom is 0.193 e. The highest BCUT2D eigenvalue weighted by Gasteiger charge is 2.04. The van der Waals surface area contributed by atoms with Crippen molar-refractivity contribution in [3.8, 4) is 0 Å². The van der Waals surface area contributed by atoms with Crippen LogP contribution < -0.4 is 10.6 Å². The second-order valence-corrected chi connectivity index (χ2v) is 6.36. The largest absolute Gasteiger partial charge is 0.356 e. The summed E-state index contributed by atoms with van der Waals surface area (Å²) in [5.41, 5.74) is 2.24. The van der Waals surface area contributed by atoms with Gasteiger partial charge in [-0.15, -0.1) is 35.3 Å². The number of rotatable bonds is 5. The predicted octanol–water partition coefficient (Wildman–Crippen LogP) is 3.57. The van der Waals surface area contributed by atoms with Crippen molar-refractivity contribution in [1.82, 2.24) is 20.0 Å². The minimum Gasteiger partial charge on any atom is -0.356 e. The second-order valence-electron chi connectivity index (χ2n) is 5.05. The van der Waals surface area contributed by atoms with Crippen LogP contribution in [0.1, 0.15) is 11.3 Å². The van der Waals surface area contributed by atoms with Crippen LogP contribution in [0.15, 0.2) is 47.0 Å². The second kappa shape index (κ2) is 9.24. The highest BCUT2D eigenvalue weighted by atomic mass is 127. The number of guanidine groups is 1. The van der Waals surface area contributed by atoms with Crippen molar-refractivity contribution >= 4 is 57.8 Å². The zero-order valence-corrected chi connectivity index (χ0v) is 17.1. The molecule has 0 aliphatic rings. The van der Waals surface area contributed by atoms with Gasteiger partial charge < -0.3 is 10.6 Å². The van der Waals surface area contributed by atoms with Crippen LogP contribution in [0.2, 0.25) is 5.02 Å². The van der Waals surface area contributed by atoms with E-state index in [-0.39, 0.29) is 24.0 Å². The number of fused-ring (bicyclic) bond motifs is 1. The number of aromatic nitrogens is 2. The molecule has 1 aromatic carbocycles. The molecule has 2 N–H and O–H groups in total. The van der Waals surface area contributed by atoms with Gasteiger partial charge in [0.1, 0.15) is 0 Å². The van der Waals surface area contributed by atoms with Gasteiger partial charge in [-0.05, 0) is 24.1 Å². The van der Waals surface area contributed by atoms with Crippen LogP contribution in [0.25, 0.3) is 4.96 Å². The number of nitrogens with zero attached hydrogens (tertiary/aromatic N) is 3. The van der Waals surface area contributed by atoms with Gasteiger partial charge in [0.05, 0.1) is 12.2 Å². The quantitative estimate of drug-likeness (QED) is 0.337. The van der Waals surface area contributed by atoms with E-state index in [0.29, 0.717) is 6.54 Å². The molecule has 0 spiro atoms. The summed E-state index contributed by atoms with van der Waals surface area (Å²) in [7, 11) is 1.77. The van der Waals surface area contributed by atoms with Crippen LogP contribution in [0, 0.1) is 0 Å². The molecule has 2 aromatic heterocycles. The van der Waals surface area contributed by atoms with E-state index in [9.17, 15) is 0 Å². The lowest BCUT2D eigenvalue weighted by Crippen LogP contribution is -2.37. The molecule has 0 saturated carbocycles. The molecule has 8 heteroatoms. The summed E-state index contributed by atoms with van der Waals surface area (Å²) in [6.07, 6.45) is 4.95. The molecule has 2 heterocycles. The number of nitrogens with one attached hydrogen (secondary N) is 2. The number of aliphatic imine (C=N–C) groups is 1. The predicted molar refractivity (Wildman–Crippen MR) is 112 cm³/mol. The van der Waals surface area contributed by atoms with E-state index in [1.807, 2.05) is 46.4 Å². The molecule has 0 bridgehead atoms. The number of hydrogen-bond donors (Lipinski definition) is 2. The van der Waals surface area contributed by atoms with Gasteiger partial charge in [-0.1, -0.05) is 23.7 Å². The Kier molecular flexibility index (Phi) is 7.32. The molecule has 5 nitrogen and oxygen atoms in total. The van der Waals surface area contributed by atoms with Gasteiger partial charge >= 0.3 is 0 Å². The Morgan fingerprint density at radius 1 is 1.29 bits per heavy atom. The summed E-state index contributed by atoms with van der Waals surface area (Å²) in [5.74, 6) is 0.773. The molecule has 0 aliphatic carbocycles. The zero-order valence-electron chi connectivity index (χ0n) is 13.2. The van der Waals surface area contributed by atoms with Gasteiger partial charge in [0.2, 0.25) is 0 Å². The molecule has 0 radical (unpaired) electrons. The van der Waals surface area contributed by atoms with Crippen molar-refractivity contribution in [2.24, 2.45) is 4.99 Å². The van der Waals surface area contributed by atoms with Gasteiger partial charge in [0.25, 0.3) is 0 Å². The fraction of sp³-hybridized carbons (Fsp3) is 0.250. The topological polar surface area (TPSA) is 53.7 Å².